The van der Waals surface area contributed by atoms with E-state index in [9.17, 15) is 13.2 Å². The fourth-order valence-electron chi connectivity index (χ4n) is 4.12. The van der Waals surface area contributed by atoms with Gasteiger partial charge < -0.3 is 14.2 Å². The van der Waals surface area contributed by atoms with Crippen LogP contribution in [0.25, 0.3) is 0 Å². The average molecular weight is 434 g/mol. The standard InChI is InChI=1S/C21H27N3O5S/c1-15-20(16(2)29-22-15)13-28-19-5-3-4-17(12-19)21(25)24-9-7-23(8-10-24)18-6-11-30(26,27)14-18/h3-5,12,18H,6-11,13-14H2,1-2H3. The Bertz CT molecular complexity index is 1010. The Kier molecular flexibility index (Phi) is 5.84. The lowest BCUT2D eigenvalue weighted by Crippen LogP contribution is -2.52. The van der Waals surface area contributed by atoms with Gasteiger partial charge in [0.15, 0.2) is 9.84 Å². The molecule has 3 heterocycles. The van der Waals surface area contributed by atoms with Crippen molar-refractivity contribution < 1.29 is 22.5 Å². The number of rotatable bonds is 5. The van der Waals surface area contributed by atoms with Gasteiger partial charge in [-0.3, -0.25) is 9.69 Å². The van der Waals surface area contributed by atoms with Crippen molar-refractivity contribution in [1.82, 2.24) is 15.0 Å². The number of aryl methyl sites for hydroxylation is 2. The molecule has 2 aromatic rings. The molecule has 1 unspecified atom stereocenters. The molecule has 2 aliphatic heterocycles. The van der Waals surface area contributed by atoms with Crippen LogP contribution in [0.15, 0.2) is 28.8 Å². The fourth-order valence-corrected chi connectivity index (χ4v) is 5.88. The van der Waals surface area contributed by atoms with E-state index in [0.717, 1.165) is 17.0 Å². The summed E-state index contributed by atoms with van der Waals surface area (Å²) >= 11 is 0. The van der Waals surface area contributed by atoms with Crippen LogP contribution in [-0.2, 0) is 16.4 Å². The Balaban J connectivity index is 1.34. The minimum atomic E-state index is -2.90. The topological polar surface area (TPSA) is 93.0 Å². The van der Waals surface area contributed by atoms with Gasteiger partial charge in [-0.25, -0.2) is 8.42 Å². The number of nitrogens with zero attached hydrogens (tertiary/aromatic N) is 3. The molecule has 9 heteroatoms. The number of hydrogen-bond donors (Lipinski definition) is 0. The Morgan fingerprint density at radius 3 is 2.63 bits per heavy atom. The second kappa shape index (κ2) is 8.39. The van der Waals surface area contributed by atoms with Gasteiger partial charge in [0.25, 0.3) is 5.91 Å². The van der Waals surface area contributed by atoms with Crippen LogP contribution in [0.3, 0.4) is 0 Å². The van der Waals surface area contributed by atoms with Crippen LogP contribution >= 0.6 is 0 Å². The zero-order valence-electron chi connectivity index (χ0n) is 17.3. The highest BCUT2D eigenvalue weighted by molar-refractivity contribution is 7.91. The first-order valence-electron chi connectivity index (χ1n) is 10.2. The van der Waals surface area contributed by atoms with Gasteiger partial charge in [-0.2, -0.15) is 0 Å². The van der Waals surface area contributed by atoms with Crippen LogP contribution < -0.4 is 4.74 Å². The molecule has 1 amide bonds. The molecule has 162 valence electrons. The summed E-state index contributed by atoms with van der Waals surface area (Å²) < 4.78 is 34.5. The van der Waals surface area contributed by atoms with E-state index >= 15 is 0 Å². The number of benzene rings is 1. The first kappa shape index (κ1) is 20.9. The highest BCUT2D eigenvalue weighted by Gasteiger charge is 2.34. The highest BCUT2D eigenvalue weighted by atomic mass is 32.2. The summed E-state index contributed by atoms with van der Waals surface area (Å²) in [6.45, 7) is 6.65. The number of amides is 1. The molecule has 2 saturated heterocycles. The lowest BCUT2D eigenvalue weighted by atomic mass is 10.1. The third kappa shape index (κ3) is 4.52. The highest BCUT2D eigenvalue weighted by Crippen LogP contribution is 2.22. The van der Waals surface area contributed by atoms with Gasteiger partial charge in [-0.1, -0.05) is 11.2 Å². The minimum absolute atomic E-state index is 0.0310. The maximum absolute atomic E-state index is 13.0. The molecular weight excluding hydrogens is 406 g/mol. The van der Waals surface area contributed by atoms with Gasteiger partial charge in [0.2, 0.25) is 0 Å². The van der Waals surface area contributed by atoms with E-state index in [4.69, 9.17) is 9.26 Å². The number of ether oxygens (including phenoxy) is 1. The number of carbonyl (C=O) groups excluding carboxylic acids is 1. The number of aromatic nitrogens is 1. The largest absolute Gasteiger partial charge is 0.489 e. The van der Waals surface area contributed by atoms with E-state index in [1.54, 1.807) is 12.1 Å². The molecule has 0 N–H and O–H groups in total. The fraction of sp³-hybridized carbons (Fsp3) is 0.524. The zero-order chi connectivity index (χ0) is 21.3. The second-order valence-electron chi connectivity index (χ2n) is 8.00. The lowest BCUT2D eigenvalue weighted by Gasteiger charge is -2.37. The summed E-state index contributed by atoms with van der Waals surface area (Å²) in [6.07, 6.45) is 0.695. The molecule has 8 nitrogen and oxygen atoms in total. The molecule has 1 aromatic carbocycles. The van der Waals surface area contributed by atoms with Crippen LogP contribution in [-0.4, -0.2) is 73.0 Å². The van der Waals surface area contributed by atoms with Crippen molar-refractivity contribution in [3.63, 3.8) is 0 Å². The second-order valence-corrected chi connectivity index (χ2v) is 10.2. The summed E-state index contributed by atoms with van der Waals surface area (Å²) in [5, 5.41) is 3.92. The molecule has 2 aliphatic rings. The van der Waals surface area contributed by atoms with E-state index in [1.807, 2.05) is 30.9 Å². The number of carbonyl (C=O) groups is 1. The molecule has 1 aromatic heterocycles. The van der Waals surface area contributed by atoms with Crippen molar-refractivity contribution in [1.29, 1.82) is 0 Å². The van der Waals surface area contributed by atoms with Gasteiger partial charge in [-0.15, -0.1) is 0 Å². The van der Waals surface area contributed by atoms with Gasteiger partial charge >= 0.3 is 0 Å². The molecule has 2 fully saturated rings. The molecule has 30 heavy (non-hydrogen) atoms. The summed E-state index contributed by atoms with van der Waals surface area (Å²) in [4.78, 5) is 17.0. The van der Waals surface area contributed by atoms with E-state index < -0.39 is 9.84 Å². The molecule has 1 atom stereocenters. The predicted molar refractivity (Wildman–Crippen MR) is 111 cm³/mol. The normalized spacial score (nSPS) is 21.7. The summed E-state index contributed by atoms with van der Waals surface area (Å²) in [5.74, 6) is 1.84. The van der Waals surface area contributed by atoms with E-state index in [0.29, 0.717) is 50.5 Å². The molecule has 0 radical (unpaired) electrons. The zero-order valence-corrected chi connectivity index (χ0v) is 18.2. The average Bonchev–Trinajstić information content (AvgIpc) is 3.27. The van der Waals surface area contributed by atoms with Gasteiger partial charge in [0, 0.05) is 37.8 Å². The van der Waals surface area contributed by atoms with Crippen molar-refractivity contribution in [2.24, 2.45) is 0 Å². The molecule has 0 aliphatic carbocycles. The number of sulfone groups is 1. The SMILES string of the molecule is Cc1noc(C)c1COc1cccc(C(=O)N2CCN(C3CCS(=O)(=O)C3)CC2)c1. The first-order chi connectivity index (χ1) is 14.3. The molecular formula is C21H27N3O5S. The summed E-state index contributed by atoms with van der Waals surface area (Å²) in [6, 6.07) is 7.29. The molecule has 0 saturated carbocycles. The first-order valence-corrected chi connectivity index (χ1v) is 12.0. The Morgan fingerprint density at radius 2 is 2.00 bits per heavy atom. The maximum Gasteiger partial charge on any atom is 0.254 e. The van der Waals surface area contributed by atoms with Crippen LogP contribution in [0.1, 0.15) is 33.8 Å². The lowest BCUT2D eigenvalue weighted by molar-refractivity contribution is 0.0587. The minimum Gasteiger partial charge on any atom is -0.489 e. The van der Waals surface area contributed by atoms with Crippen molar-refractivity contribution in [2.45, 2.75) is 32.9 Å². The summed E-state index contributed by atoms with van der Waals surface area (Å²) in [7, 11) is -2.90. The molecule has 0 bridgehead atoms. The number of piperazine rings is 1. The van der Waals surface area contributed by atoms with Crippen LogP contribution in [0, 0.1) is 13.8 Å². The van der Waals surface area contributed by atoms with Crippen molar-refractivity contribution >= 4 is 15.7 Å². The van der Waals surface area contributed by atoms with Gasteiger partial charge in [0.05, 0.1) is 22.8 Å². The summed E-state index contributed by atoms with van der Waals surface area (Å²) in [5.41, 5.74) is 2.30. The van der Waals surface area contributed by atoms with E-state index in [-0.39, 0.29) is 23.5 Å². The van der Waals surface area contributed by atoms with E-state index in [2.05, 4.69) is 10.1 Å². The third-order valence-corrected chi connectivity index (χ3v) is 7.72. The third-order valence-electron chi connectivity index (χ3n) is 5.97. The monoisotopic (exact) mass is 433 g/mol. The van der Waals surface area contributed by atoms with Crippen LogP contribution in [0.2, 0.25) is 0 Å². The van der Waals surface area contributed by atoms with Crippen LogP contribution in [0.5, 0.6) is 5.75 Å². The Morgan fingerprint density at radius 1 is 1.23 bits per heavy atom. The van der Waals surface area contributed by atoms with Crippen molar-refractivity contribution in [3.05, 3.63) is 46.8 Å². The quantitative estimate of drug-likeness (QED) is 0.710. The Labute approximate surface area is 176 Å². The van der Waals surface area contributed by atoms with Gasteiger partial charge in [0.1, 0.15) is 18.1 Å². The van der Waals surface area contributed by atoms with Crippen molar-refractivity contribution in [3.8, 4) is 5.75 Å². The number of hydrogen-bond acceptors (Lipinski definition) is 7. The van der Waals surface area contributed by atoms with Crippen LogP contribution in [0.4, 0.5) is 0 Å². The maximum atomic E-state index is 13.0. The molecule has 0 spiro atoms. The smallest absolute Gasteiger partial charge is 0.254 e. The molecule has 4 rings (SSSR count). The Hall–Kier alpha value is -2.39. The predicted octanol–water partition coefficient (Wildman–Crippen LogP) is 1.82. The van der Waals surface area contributed by atoms with E-state index in [1.165, 1.54) is 0 Å². The van der Waals surface area contributed by atoms with Crippen molar-refractivity contribution in [2.75, 3.05) is 37.7 Å². The van der Waals surface area contributed by atoms with Gasteiger partial charge in [-0.05, 0) is 38.5 Å².